The molecule has 3 unspecified atom stereocenters. The Bertz CT molecular complexity index is 830. The number of nitrogens with zero attached hydrogens (tertiary/aromatic N) is 2. The van der Waals surface area contributed by atoms with Crippen molar-refractivity contribution in [2.45, 2.75) is 76.5 Å². The largest absolute Gasteiger partial charge is 0.461 e. The Morgan fingerprint density at radius 1 is 1.26 bits per heavy atom. The number of aliphatic hydroxyl groups excluding tert-OH is 1. The SMILES string of the molecule is C=CCOC(=O)[C@@H]1[C@H]2C(=O)N(CCCCCO)C(C(=O)N(CC=C)CCCC)C23CC(C)[C@@]1(C)O3. The highest BCUT2D eigenvalue weighted by atomic mass is 16.6. The zero-order valence-corrected chi connectivity index (χ0v) is 21.5. The molecular weight excluding hydrogens is 448 g/mol. The van der Waals surface area contributed by atoms with Crippen LogP contribution in [0.4, 0.5) is 0 Å². The predicted octanol–water partition coefficient (Wildman–Crippen LogP) is 2.70. The van der Waals surface area contributed by atoms with Gasteiger partial charge in [-0.2, -0.15) is 0 Å². The summed E-state index contributed by atoms with van der Waals surface area (Å²) in [5, 5.41) is 9.18. The molecule has 35 heavy (non-hydrogen) atoms. The summed E-state index contributed by atoms with van der Waals surface area (Å²) >= 11 is 0. The van der Waals surface area contributed by atoms with E-state index in [-0.39, 0.29) is 30.9 Å². The van der Waals surface area contributed by atoms with Crippen molar-refractivity contribution in [1.29, 1.82) is 0 Å². The first-order valence-electron chi connectivity index (χ1n) is 13.0. The van der Waals surface area contributed by atoms with Crippen LogP contribution in [0.2, 0.25) is 0 Å². The molecule has 3 heterocycles. The molecule has 0 aliphatic carbocycles. The molecule has 1 N–H and O–H groups in total. The van der Waals surface area contributed by atoms with Gasteiger partial charge in [0.25, 0.3) is 0 Å². The number of ether oxygens (including phenoxy) is 2. The second kappa shape index (κ2) is 11.2. The average Bonchev–Trinajstić information content (AvgIpc) is 3.34. The summed E-state index contributed by atoms with van der Waals surface area (Å²) in [4.78, 5) is 44.7. The lowest BCUT2D eigenvalue weighted by atomic mass is 9.62. The number of esters is 1. The number of hydrogen-bond donors (Lipinski definition) is 1. The predicted molar refractivity (Wildman–Crippen MR) is 132 cm³/mol. The molecule has 2 amide bonds. The van der Waals surface area contributed by atoms with Gasteiger partial charge in [0.15, 0.2) is 0 Å². The fourth-order valence-corrected chi connectivity index (χ4v) is 6.39. The molecule has 0 radical (unpaired) electrons. The molecule has 2 bridgehead atoms. The van der Waals surface area contributed by atoms with Gasteiger partial charge in [-0.05, 0) is 44.9 Å². The Morgan fingerprint density at radius 2 is 2.00 bits per heavy atom. The summed E-state index contributed by atoms with van der Waals surface area (Å²) < 4.78 is 12.1. The number of aliphatic hydroxyl groups is 1. The van der Waals surface area contributed by atoms with E-state index < -0.39 is 35.0 Å². The van der Waals surface area contributed by atoms with Crippen LogP contribution in [0.3, 0.4) is 0 Å². The lowest BCUT2D eigenvalue weighted by molar-refractivity contribution is -0.161. The van der Waals surface area contributed by atoms with Gasteiger partial charge in [-0.3, -0.25) is 14.4 Å². The minimum Gasteiger partial charge on any atom is -0.461 e. The number of amides is 2. The second-order valence-corrected chi connectivity index (χ2v) is 10.4. The molecule has 3 saturated heterocycles. The molecule has 3 aliphatic rings. The highest BCUT2D eigenvalue weighted by molar-refractivity contribution is 5.98. The van der Waals surface area contributed by atoms with Crippen LogP contribution in [0.5, 0.6) is 0 Å². The summed E-state index contributed by atoms with van der Waals surface area (Å²) in [6, 6.07) is -0.799. The van der Waals surface area contributed by atoms with Gasteiger partial charge in [0.1, 0.15) is 24.2 Å². The maximum absolute atomic E-state index is 14.1. The summed E-state index contributed by atoms with van der Waals surface area (Å²) in [6.45, 7) is 14.9. The van der Waals surface area contributed by atoms with Gasteiger partial charge in [0.2, 0.25) is 11.8 Å². The number of rotatable bonds is 14. The van der Waals surface area contributed by atoms with Crippen LogP contribution in [-0.2, 0) is 23.9 Å². The molecule has 0 aromatic rings. The monoisotopic (exact) mass is 490 g/mol. The second-order valence-electron chi connectivity index (χ2n) is 10.4. The van der Waals surface area contributed by atoms with E-state index in [1.54, 1.807) is 15.9 Å². The summed E-state index contributed by atoms with van der Waals surface area (Å²) in [6.07, 6.45) is 7.56. The Kier molecular flexibility index (Phi) is 8.81. The molecule has 8 heteroatoms. The Labute approximate surface area is 209 Å². The van der Waals surface area contributed by atoms with E-state index in [4.69, 9.17) is 9.47 Å². The zero-order chi connectivity index (χ0) is 25.8. The van der Waals surface area contributed by atoms with Gasteiger partial charge < -0.3 is 24.4 Å². The van der Waals surface area contributed by atoms with E-state index >= 15 is 0 Å². The van der Waals surface area contributed by atoms with Gasteiger partial charge in [-0.1, -0.05) is 39.0 Å². The molecule has 0 aromatic carbocycles. The molecule has 3 aliphatic heterocycles. The number of unbranched alkanes of at least 4 members (excludes halogenated alkanes) is 3. The summed E-state index contributed by atoms with van der Waals surface area (Å²) in [5.41, 5.74) is -1.95. The van der Waals surface area contributed by atoms with Crippen LogP contribution in [0.25, 0.3) is 0 Å². The van der Waals surface area contributed by atoms with Gasteiger partial charge in [0.05, 0.1) is 11.5 Å². The van der Waals surface area contributed by atoms with Crippen molar-refractivity contribution < 1.29 is 29.0 Å². The zero-order valence-electron chi connectivity index (χ0n) is 21.5. The molecule has 1 spiro atoms. The van der Waals surface area contributed by atoms with E-state index in [1.807, 2.05) is 13.8 Å². The lowest BCUT2D eigenvalue weighted by Crippen LogP contribution is -2.56. The van der Waals surface area contributed by atoms with Gasteiger partial charge in [0, 0.05) is 26.2 Å². The Morgan fingerprint density at radius 3 is 2.63 bits per heavy atom. The summed E-state index contributed by atoms with van der Waals surface area (Å²) in [7, 11) is 0. The molecule has 0 saturated carbocycles. The van der Waals surface area contributed by atoms with Crippen molar-refractivity contribution in [2.24, 2.45) is 17.8 Å². The fraction of sp³-hybridized carbons (Fsp3) is 0.741. The van der Waals surface area contributed by atoms with E-state index in [0.29, 0.717) is 38.9 Å². The van der Waals surface area contributed by atoms with Crippen LogP contribution in [-0.4, -0.2) is 82.8 Å². The maximum atomic E-state index is 14.1. The van der Waals surface area contributed by atoms with E-state index in [0.717, 1.165) is 19.3 Å². The number of carbonyl (C=O) groups excluding carboxylic acids is 3. The quantitative estimate of drug-likeness (QED) is 0.229. The maximum Gasteiger partial charge on any atom is 0.313 e. The number of fused-ring (bicyclic) bond motifs is 1. The third-order valence-corrected chi connectivity index (χ3v) is 8.15. The Hall–Kier alpha value is -2.19. The molecule has 3 fully saturated rings. The third kappa shape index (κ3) is 4.67. The lowest BCUT2D eigenvalue weighted by Gasteiger charge is -2.37. The Balaban J connectivity index is 2.02. The van der Waals surface area contributed by atoms with Crippen molar-refractivity contribution in [3.63, 3.8) is 0 Å². The molecule has 0 aromatic heterocycles. The number of carbonyl (C=O) groups is 3. The van der Waals surface area contributed by atoms with Crippen LogP contribution in [0.15, 0.2) is 25.3 Å². The van der Waals surface area contributed by atoms with E-state index in [9.17, 15) is 19.5 Å². The minimum atomic E-state index is -1.07. The van der Waals surface area contributed by atoms with Crippen LogP contribution in [0.1, 0.15) is 59.3 Å². The molecule has 8 nitrogen and oxygen atoms in total. The van der Waals surface area contributed by atoms with Crippen molar-refractivity contribution in [1.82, 2.24) is 9.80 Å². The fourth-order valence-electron chi connectivity index (χ4n) is 6.39. The van der Waals surface area contributed by atoms with E-state index in [1.165, 1.54) is 6.08 Å². The third-order valence-electron chi connectivity index (χ3n) is 8.15. The highest BCUT2D eigenvalue weighted by Gasteiger charge is 2.80. The first-order chi connectivity index (χ1) is 16.7. The van der Waals surface area contributed by atoms with Crippen LogP contribution < -0.4 is 0 Å². The number of hydrogen-bond acceptors (Lipinski definition) is 6. The topological polar surface area (TPSA) is 96.4 Å². The first-order valence-corrected chi connectivity index (χ1v) is 13.0. The smallest absolute Gasteiger partial charge is 0.313 e. The van der Waals surface area contributed by atoms with Crippen LogP contribution in [0, 0.1) is 17.8 Å². The number of likely N-dealkylation sites (tertiary alicyclic amines) is 1. The standard InChI is InChI=1S/C27H42N2O6/c1-6-9-14-28(13-7-2)24(32)22-27-18-19(4)26(5,35-27)21(25(33)34-17-8-3)20(27)23(31)29(22)15-11-10-12-16-30/h7-8,19-22,30H,2-3,6,9-18H2,1,4-5H3/t19?,20-,21-,22?,26+,27?/m0/s1. The molecular formula is C27H42N2O6. The molecule has 6 atom stereocenters. The minimum absolute atomic E-state index is 0.0269. The van der Waals surface area contributed by atoms with Crippen molar-refractivity contribution in [3.05, 3.63) is 25.3 Å². The average molecular weight is 491 g/mol. The molecule has 196 valence electrons. The molecule has 3 rings (SSSR count). The van der Waals surface area contributed by atoms with Crippen molar-refractivity contribution in [2.75, 3.05) is 32.8 Å². The first kappa shape index (κ1) is 27.4. The van der Waals surface area contributed by atoms with Gasteiger partial charge >= 0.3 is 5.97 Å². The van der Waals surface area contributed by atoms with Crippen molar-refractivity contribution in [3.8, 4) is 0 Å². The summed E-state index contributed by atoms with van der Waals surface area (Å²) in [5.74, 6) is -2.39. The highest BCUT2D eigenvalue weighted by Crippen LogP contribution is 2.65. The van der Waals surface area contributed by atoms with Gasteiger partial charge in [-0.25, -0.2) is 0 Å². The van der Waals surface area contributed by atoms with E-state index in [2.05, 4.69) is 20.1 Å². The van der Waals surface area contributed by atoms with Gasteiger partial charge in [-0.15, -0.1) is 6.58 Å². The van der Waals surface area contributed by atoms with Crippen LogP contribution >= 0.6 is 0 Å². The normalized spacial score (nSPS) is 33.0. The van der Waals surface area contributed by atoms with Crippen molar-refractivity contribution >= 4 is 17.8 Å².